The van der Waals surface area contributed by atoms with E-state index >= 15 is 0 Å². The summed E-state index contributed by atoms with van der Waals surface area (Å²) in [5.74, 6) is 1.65. The highest BCUT2D eigenvalue weighted by Gasteiger charge is 2.21. The fourth-order valence-corrected chi connectivity index (χ4v) is 4.40. The van der Waals surface area contributed by atoms with Gasteiger partial charge in [0.05, 0.1) is 6.61 Å². The van der Waals surface area contributed by atoms with Gasteiger partial charge in [0.1, 0.15) is 0 Å². The Morgan fingerprint density at radius 2 is 1.41 bits per heavy atom. The van der Waals surface area contributed by atoms with Gasteiger partial charge in [0.25, 0.3) is 0 Å². The maximum absolute atomic E-state index is 5.73. The summed E-state index contributed by atoms with van der Waals surface area (Å²) in [5.41, 5.74) is 5.32. The van der Waals surface area contributed by atoms with Crippen LogP contribution in [-0.4, -0.2) is 6.61 Å². The molecule has 2 aromatic carbocycles. The van der Waals surface area contributed by atoms with Crippen LogP contribution >= 0.6 is 0 Å². The lowest BCUT2D eigenvalue weighted by Gasteiger charge is -2.28. The molecule has 0 unspecified atom stereocenters. The van der Waals surface area contributed by atoms with Gasteiger partial charge in [0, 0.05) is 6.61 Å². The molecular formula is C28H36O. The molecule has 1 nitrogen and oxygen atoms in total. The van der Waals surface area contributed by atoms with Gasteiger partial charge in [-0.25, -0.2) is 0 Å². The zero-order chi connectivity index (χ0) is 20.3. The van der Waals surface area contributed by atoms with Crippen LogP contribution in [0.25, 0.3) is 11.1 Å². The monoisotopic (exact) mass is 388 g/mol. The van der Waals surface area contributed by atoms with Crippen LogP contribution in [0.4, 0.5) is 0 Å². The molecule has 1 fully saturated rings. The van der Waals surface area contributed by atoms with Crippen molar-refractivity contribution in [2.75, 3.05) is 6.61 Å². The highest BCUT2D eigenvalue weighted by atomic mass is 16.5. The zero-order valence-electron chi connectivity index (χ0n) is 17.8. The molecule has 2 aromatic rings. The van der Waals surface area contributed by atoms with Crippen LogP contribution in [-0.2, 0) is 11.3 Å². The molecule has 3 rings (SSSR count). The van der Waals surface area contributed by atoms with Gasteiger partial charge in [0.15, 0.2) is 0 Å². The van der Waals surface area contributed by atoms with Crippen molar-refractivity contribution in [2.24, 2.45) is 5.92 Å². The van der Waals surface area contributed by atoms with E-state index in [9.17, 15) is 0 Å². The summed E-state index contributed by atoms with van der Waals surface area (Å²) in [6, 6.07) is 18.1. The van der Waals surface area contributed by atoms with E-state index in [1.54, 1.807) is 0 Å². The maximum atomic E-state index is 5.73. The highest BCUT2D eigenvalue weighted by molar-refractivity contribution is 5.64. The summed E-state index contributed by atoms with van der Waals surface area (Å²) in [7, 11) is 0. The second-order valence-electron chi connectivity index (χ2n) is 8.39. The highest BCUT2D eigenvalue weighted by Crippen LogP contribution is 2.38. The second-order valence-corrected chi connectivity index (χ2v) is 8.39. The Morgan fingerprint density at radius 1 is 0.793 bits per heavy atom. The van der Waals surface area contributed by atoms with E-state index in [1.165, 1.54) is 60.8 Å². The molecule has 0 spiro atoms. The lowest BCUT2D eigenvalue weighted by atomic mass is 9.77. The molecule has 0 atom stereocenters. The largest absolute Gasteiger partial charge is 0.377 e. The molecule has 0 N–H and O–H groups in total. The fourth-order valence-electron chi connectivity index (χ4n) is 4.40. The molecule has 0 heterocycles. The van der Waals surface area contributed by atoms with Crippen LogP contribution in [0.1, 0.15) is 68.4 Å². The summed E-state index contributed by atoms with van der Waals surface area (Å²) in [5, 5.41) is 0. The van der Waals surface area contributed by atoms with Crippen molar-refractivity contribution in [3.63, 3.8) is 0 Å². The third-order valence-corrected chi connectivity index (χ3v) is 6.26. The van der Waals surface area contributed by atoms with Crippen LogP contribution < -0.4 is 0 Å². The van der Waals surface area contributed by atoms with Gasteiger partial charge in [-0.3, -0.25) is 0 Å². The van der Waals surface area contributed by atoms with Crippen molar-refractivity contribution in [1.29, 1.82) is 0 Å². The molecule has 1 heteroatoms. The fraction of sp³-hybridized carbons (Fsp3) is 0.429. The number of unbranched alkanes of at least 4 members (excludes halogenated alkanes) is 1. The minimum atomic E-state index is 0.686. The first-order valence-electron chi connectivity index (χ1n) is 11.3. The normalized spacial score (nSPS) is 19.0. The van der Waals surface area contributed by atoms with Crippen molar-refractivity contribution in [3.05, 3.63) is 85.0 Å². The van der Waals surface area contributed by atoms with E-state index in [0.29, 0.717) is 6.61 Å². The number of allylic oxidation sites excluding steroid dienone is 2. The minimum Gasteiger partial charge on any atom is -0.377 e. The summed E-state index contributed by atoms with van der Waals surface area (Å²) >= 11 is 0. The van der Waals surface area contributed by atoms with E-state index in [1.807, 2.05) is 6.08 Å². The van der Waals surface area contributed by atoms with Crippen molar-refractivity contribution in [1.82, 2.24) is 0 Å². The smallest absolute Gasteiger partial charge is 0.0716 e. The van der Waals surface area contributed by atoms with E-state index in [-0.39, 0.29) is 0 Å². The Kier molecular flexibility index (Phi) is 8.77. The van der Waals surface area contributed by atoms with Gasteiger partial charge in [-0.05, 0) is 85.5 Å². The standard InChI is InChI=1S/C28H36O/c1-3-5-7-21-29-22-24-11-15-26(16-12-24)28-19-17-27(18-20-28)25-13-9-23(10-14-25)8-6-4-2/h3-4,11-12,15-20,23,25H,1-2,5-10,13-14,21-22H2/t23-,25-. The van der Waals surface area contributed by atoms with Gasteiger partial charge >= 0.3 is 0 Å². The maximum Gasteiger partial charge on any atom is 0.0716 e. The SMILES string of the molecule is C=CCCCOCc1ccc(-c2ccc([C@H]3CC[C@H](CCC=C)CC3)cc2)cc1. The van der Waals surface area contributed by atoms with E-state index in [4.69, 9.17) is 4.74 Å². The molecular weight excluding hydrogens is 352 g/mol. The number of ether oxygens (including phenoxy) is 1. The molecule has 0 aliphatic heterocycles. The average Bonchev–Trinajstić information content (AvgIpc) is 2.78. The summed E-state index contributed by atoms with van der Waals surface area (Å²) in [6.07, 6.45) is 14.0. The Balaban J connectivity index is 1.50. The predicted octanol–water partition coefficient (Wildman–Crippen LogP) is 8.08. The van der Waals surface area contributed by atoms with Crippen LogP contribution in [0, 0.1) is 5.92 Å². The molecule has 1 aliphatic carbocycles. The van der Waals surface area contributed by atoms with E-state index in [2.05, 4.69) is 67.8 Å². The predicted molar refractivity (Wildman–Crippen MR) is 125 cm³/mol. The molecule has 0 saturated heterocycles. The third kappa shape index (κ3) is 6.72. The third-order valence-electron chi connectivity index (χ3n) is 6.26. The van der Waals surface area contributed by atoms with Crippen molar-refractivity contribution >= 4 is 0 Å². The molecule has 0 amide bonds. The number of benzene rings is 2. The lowest BCUT2D eigenvalue weighted by Crippen LogP contribution is -2.13. The van der Waals surface area contributed by atoms with Gasteiger partial charge in [-0.2, -0.15) is 0 Å². The van der Waals surface area contributed by atoms with Crippen LogP contribution in [0.3, 0.4) is 0 Å². The van der Waals surface area contributed by atoms with Gasteiger partial charge in [-0.1, -0.05) is 60.7 Å². The van der Waals surface area contributed by atoms with E-state index in [0.717, 1.165) is 31.3 Å². The average molecular weight is 389 g/mol. The van der Waals surface area contributed by atoms with Crippen LogP contribution in [0.2, 0.25) is 0 Å². The molecule has 0 radical (unpaired) electrons. The first-order valence-corrected chi connectivity index (χ1v) is 11.3. The minimum absolute atomic E-state index is 0.686. The summed E-state index contributed by atoms with van der Waals surface area (Å²) in [4.78, 5) is 0. The number of hydrogen-bond donors (Lipinski definition) is 0. The van der Waals surface area contributed by atoms with Gasteiger partial charge in [0.2, 0.25) is 0 Å². The van der Waals surface area contributed by atoms with Crippen molar-refractivity contribution in [3.8, 4) is 11.1 Å². The molecule has 154 valence electrons. The quantitative estimate of drug-likeness (QED) is 0.279. The van der Waals surface area contributed by atoms with Gasteiger partial charge < -0.3 is 4.74 Å². The van der Waals surface area contributed by atoms with Crippen LogP contribution in [0.15, 0.2) is 73.8 Å². The second kappa shape index (κ2) is 11.8. The number of rotatable bonds is 11. The Hall–Kier alpha value is -2.12. The van der Waals surface area contributed by atoms with Crippen molar-refractivity contribution in [2.45, 2.75) is 63.9 Å². The molecule has 0 bridgehead atoms. The zero-order valence-corrected chi connectivity index (χ0v) is 17.8. The number of hydrogen-bond acceptors (Lipinski definition) is 1. The van der Waals surface area contributed by atoms with E-state index < -0.39 is 0 Å². The lowest BCUT2D eigenvalue weighted by molar-refractivity contribution is 0.119. The van der Waals surface area contributed by atoms with Crippen molar-refractivity contribution < 1.29 is 4.74 Å². The molecule has 1 aliphatic rings. The molecule has 1 saturated carbocycles. The summed E-state index contributed by atoms with van der Waals surface area (Å²) < 4.78 is 5.73. The van der Waals surface area contributed by atoms with Crippen LogP contribution in [0.5, 0.6) is 0 Å². The molecule has 29 heavy (non-hydrogen) atoms. The molecule has 0 aromatic heterocycles. The van der Waals surface area contributed by atoms with Gasteiger partial charge in [-0.15, -0.1) is 13.2 Å². The Labute approximate surface area is 177 Å². The first kappa shape index (κ1) is 21.6. The Bertz CT molecular complexity index is 733. The first-order chi connectivity index (χ1) is 14.3. The topological polar surface area (TPSA) is 9.23 Å². The Morgan fingerprint density at radius 3 is 2.03 bits per heavy atom. The summed E-state index contributed by atoms with van der Waals surface area (Å²) in [6.45, 7) is 9.08.